The Morgan fingerprint density at radius 1 is 0.719 bits per heavy atom. The van der Waals surface area contributed by atoms with Crippen molar-refractivity contribution in [1.82, 2.24) is 0 Å². The third-order valence-electron chi connectivity index (χ3n) is 11.4. The van der Waals surface area contributed by atoms with Crippen molar-refractivity contribution in [3.8, 4) is 0 Å². The van der Waals surface area contributed by atoms with Crippen LogP contribution in [0.4, 0.5) is 0 Å². The van der Waals surface area contributed by atoms with Gasteiger partial charge in [0, 0.05) is 0 Å². The van der Waals surface area contributed by atoms with Gasteiger partial charge < -0.3 is 0 Å². The van der Waals surface area contributed by atoms with E-state index in [0.29, 0.717) is 0 Å². The van der Waals surface area contributed by atoms with Crippen molar-refractivity contribution in [2.45, 2.75) is 117 Å². The van der Waals surface area contributed by atoms with E-state index in [-0.39, 0.29) is 5.41 Å². The molecule has 0 heterocycles. The van der Waals surface area contributed by atoms with E-state index in [1.807, 2.05) is 0 Å². The molecule has 0 aromatic heterocycles. The SMILES string of the molecule is CC1CC2C(c3ccc(C(C)(C)C)cc3)CCCC2C1[Si](C)(C)C1C(C)C(C)C(C)C1C. The Kier molecular flexibility index (Phi) is 6.59. The molecule has 0 N–H and O–H groups in total. The molecule has 9 unspecified atom stereocenters. The molecule has 0 bridgehead atoms. The van der Waals surface area contributed by atoms with Crippen molar-refractivity contribution < 1.29 is 0 Å². The highest BCUT2D eigenvalue weighted by molar-refractivity contribution is 6.80. The van der Waals surface area contributed by atoms with Crippen LogP contribution in [-0.4, -0.2) is 8.07 Å². The molecule has 3 aliphatic rings. The van der Waals surface area contributed by atoms with Crippen LogP contribution >= 0.6 is 0 Å². The Morgan fingerprint density at radius 3 is 1.81 bits per heavy atom. The van der Waals surface area contributed by atoms with E-state index in [1.54, 1.807) is 5.56 Å². The fourth-order valence-corrected chi connectivity index (χ4v) is 16.6. The van der Waals surface area contributed by atoms with Crippen LogP contribution in [0.3, 0.4) is 0 Å². The van der Waals surface area contributed by atoms with Crippen molar-refractivity contribution in [3.63, 3.8) is 0 Å². The summed E-state index contributed by atoms with van der Waals surface area (Å²) in [4.78, 5) is 0. The van der Waals surface area contributed by atoms with Crippen molar-refractivity contribution >= 4 is 8.07 Å². The molecule has 0 spiro atoms. The molecule has 180 valence electrons. The Morgan fingerprint density at radius 2 is 1.28 bits per heavy atom. The quantitative estimate of drug-likeness (QED) is 0.400. The number of hydrogen-bond donors (Lipinski definition) is 0. The first-order chi connectivity index (χ1) is 14.9. The molecule has 3 saturated carbocycles. The summed E-state index contributed by atoms with van der Waals surface area (Å²) >= 11 is 0. The summed E-state index contributed by atoms with van der Waals surface area (Å²) in [6, 6.07) is 9.85. The van der Waals surface area contributed by atoms with Crippen LogP contribution in [0.15, 0.2) is 24.3 Å². The molecule has 0 amide bonds. The lowest BCUT2D eigenvalue weighted by atomic mass is 9.70. The highest BCUT2D eigenvalue weighted by Gasteiger charge is 2.58. The highest BCUT2D eigenvalue weighted by atomic mass is 28.3. The van der Waals surface area contributed by atoms with Gasteiger partial charge >= 0.3 is 0 Å². The number of benzene rings is 1. The molecule has 0 nitrogen and oxygen atoms in total. The molecule has 0 aliphatic heterocycles. The summed E-state index contributed by atoms with van der Waals surface area (Å²) in [6.45, 7) is 25.6. The van der Waals surface area contributed by atoms with Crippen LogP contribution in [0.2, 0.25) is 24.2 Å². The molecule has 3 aliphatic carbocycles. The van der Waals surface area contributed by atoms with Crippen molar-refractivity contribution in [3.05, 3.63) is 35.4 Å². The highest BCUT2D eigenvalue weighted by Crippen LogP contribution is 2.65. The largest absolute Gasteiger partial charge is 0.0689 e. The molecule has 3 fully saturated rings. The van der Waals surface area contributed by atoms with E-state index in [2.05, 4.69) is 92.7 Å². The summed E-state index contributed by atoms with van der Waals surface area (Å²) < 4.78 is 0. The van der Waals surface area contributed by atoms with Crippen LogP contribution in [0, 0.1) is 41.4 Å². The van der Waals surface area contributed by atoms with E-state index < -0.39 is 8.07 Å². The summed E-state index contributed by atoms with van der Waals surface area (Å²) in [5.41, 5.74) is 5.40. The fraction of sp³-hybridized carbons (Fsp3) is 0.806. The van der Waals surface area contributed by atoms with E-state index in [0.717, 1.165) is 58.4 Å². The molecular formula is C31H52Si. The molecule has 1 heteroatoms. The van der Waals surface area contributed by atoms with Gasteiger partial charge in [-0.15, -0.1) is 0 Å². The first-order valence-corrected chi connectivity index (χ1v) is 17.1. The second kappa shape index (κ2) is 8.58. The minimum absolute atomic E-state index is 0.249. The second-order valence-electron chi connectivity index (χ2n) is 14.3. The third-order valence-corrected chi connectivity index (χ3v) is 16.9. The molecule has 0 radical (unpaired) electrons. The van der Waals surface area contributed by atoms with Crippen molar-refractivity contribution in [1.29, 1.82) is 0 Å². The lowest BCUT2D eigenvalue weighted by Crippen LogP contribution is -2.46. The zero-order valence-electron chi connectivity index (χ0n) is 22.9. The van der Waals surface area contributed by atoms with E-state index in [4.69, 9.17) is 0 Å². The van der Waals surface area contributed by atoms with E-state index in [1.165, 1.54) is 31.2 Å². The van der Waals surface area contributed by atoms with Gasteiger partial charge in [-0.2, -0.15) is 0 Å². The average Bonchev–Trinajstić information content (AvgIpc) is 3.16. The molecule has 0 saturated heterocycles. The summed E-state index contributed by atoms with van der Waals surface area (Å²) in [5, 5.41) is 0. The zero-order valence-corrected chi connectivity index (χ0v) is 23.9. The lowest BCUT2D eigenvalue weighted by molar-refractivity contribution is 0.235. The Hall–Kier alpha value is -0.563. The van der Waals surface area contributed by atoms with Gasteiger partial charge in [-0.25, -0.2) is 0 Å². The molecule has 4 rings (SSSR count). The van der Waals surface area contributed by atoms with Gasteiger partial charge in [0.25, 0.3) is 0 Å². The van der Waals surface area contributed by atoms with Gasteiger partial charge in [0.1, 0.15) is 0 Å². The van der Waals surface area contributed by atoms with Gasteiger partial charge in [-0.05, 0) is 87.8 Å². The van der Waals surface area contributed by atoms with Gasteiger partial charge in [-0.3, -0.25) is 0 Å². The summed E-state index contributed by atoms with van der Waals surface area (Å²) in [6.07, 6.45) is 5.86. The third kappa shape index (κ3) is 3.97. The maximum Gasteiger partial charge on any atom is 0.0546 e. The Bertz CT molecular complexity index is 770. The van der Waals surface area contributed by atoms with Gasteiger partial charge in [0.2, 0.25) is 0 Å². The predicted octanol–water partition coefficient (Wildman–Crippen LogP) is 9.53. The smallest absolute Gasteiger partial charge is 0.0546 e. The molecular weight excluding hydrogens is 400 g/mol. The maximum atomic E-state index is 2.82. The minimum atomic E-state index is -1.38. The monoisotopic (exact) mass is 452 g/mol. The number of fused-ring (bicyclic) bond motifs is 1. The van der Waals surface area contributed by atoms with Gasteiger partial charge in [0.15, 0.2) is 0 Å². The minimum Gasteiger partial charge on any atom is -0.0689 e. The zero-order chi connectivity index (χ0) is 23.6. The van der Waals surface area contributed by atoms with Crippen LogP contribution in [-0.2, 0) is 5.41 Å². The summed E-state index contributed by atoms with van der Waals surface area (Å²) in [5.74, 6) is 7.26. The molecule has 1 aromatic rings. The van der Waals surface area contributed by atoms with E-state index in [9.17, 15) is 0 Å². The van der Waals surface area contributed by atoms with Crippen LogP contribution < -0.4 is 0 Å². The van der Waals surface area contributed by atoms with Crippen LogP contribution in [0.1, 0.15) is 98.1 Å². The topological polar surface area (TPSA) is 0 Å². The number of hydrogen-bond acceptors (Lipinski definition) is 0. The number of rotatable bonds is 3. The standard InChI is InChI=1S/C31H52Si/c1-19-18-28-26(24-14-16-25(17-15-24)31(6,7)8)12-11-13-27(28)29(19)32(9,10)30-22(4)20(2)21(3)23(30)5/h14-17,19-23,26-30H,11-13,18H2,1-10H3. The van der Waals surface area contributed by atoms with Crippen LogP contribution in [0.5, 0.6) is 0 Å². The molecule has 1 aromatic carbocycles. The predicted molar refractivity (Wildman–Crippen MR) is 144 cm³/mol. The van der Waals surface area contributed by atoms with Crippen molar-refractivity contribution in [2.75, 3.05) is 0 Å². The summed E-state index contributed by atoms with van der Waals surface area (Å²) in [7, 11) is -1.38. The lowest BCUT2D eigenvalue weighted by Gasteiger charge is -2.47. The Balaban J connectivity index is 1.60. The Labute approximate surface area is 201 Å². The first-order valence-electron chi connectivity index (χ1n) is 14.0. The molecule has 32 heavy (non-hydrogen) atoms. The maximum absolute atomic E-state index is 2.82. The average molecular weight is 453 g/mol. The first kappa shape index (κ1) is 24.6. The van der Waals surface area contributed by atoms with Crippen LogP contribution in [0.25, 0.3) is 0 Å². The van der Waals surface area contributed by atoms with E-state index >= 15 is 0 Å². The van der Waals surface area contributed by atoms with Crippen molar-refractivity contribution in [2.24, 2.45) is 41.4 Å². The molecule has 9 atom stereocenters. The van der Waals surface area contributed by atoms with Gasteiger partial charge in [-0.1, -0.05) is 106 Å². The normalized spacial score (nSPS) is 42.8. The second-order valence-corrected chi connectivity index (χ2v) is 19.2. The fourth-order valence-electron chi connectivity index (χ4n) is 9.68. The van der Waals surface area contributed by atoms with Gasteiger partial charge in [0.05, 0.1) is 8.07 Å².